The Bertz CT molecular complexity index is 913. The Hall–Kier alpha value is -2.12. The molecule has 2 N–H and O–H groups in total. The fraction of sp³-hybridized carbons (Fsp3) is 0.542. The summed E-state index contributed by atoms with van der Waals surface area (Å²) in [7, 11) is 0. The first-order chi connectivity index (χ1) is 15.5. The number of hydrogen-bond acceptors (Lipinski definition) is 5. The van der Waals surface area contributed by atoms with Crippen LogP contribution in [0.2, 0.25) is 5.02 Å². The van der Waals surface area contributed by atoms with Crippen molar-refractivity contribution < 1.29 is 0 Å². The molecule has 2 aromatic rings. The number of nitrogens with zero attached hydrogens (tertiary/aromatic N) is 4. The summed E-state index contributed by atoms with van der Waals surface area (Å²) in [6, 6.07) is 9.90. The molecular formula is C24H33ClN6S. The number of nitrogens with one attached hydrogen (secondary N) is 2. The Labute approximate surface area is 201 Å². The zero-order valence-corrected chi connectivity index (χ0v) is 20.6. The molecule has 4 rings (SSSR count). The topological polar surface area (TPSA) is 56.3 Å². The first-order valence-electron chi connectivity index (χ1n) is 11.6. The number of aromatic nitrogens is 2. The highest BCUT2D eigenvalue weighted by molar-refractivity contribution is 7.80. The summed E-state index contributed by atoms with van der Waals surface area (Å²) < 4.78 is 0. The van der Waals surface area contributed by atoms with Gasteiger partial charge >= 0.3 is 0 Å². The van der Waals surface area contributed by atoms with E-state index in [4.69, 9.17) is 33.8 Å². The molecule has 0 saturated carbocycles. The van der Waals surface area contributed by atoms with Crippen LogP contribution in [-0.2, 0) is 6.54 Å². The van der Waals surface area contributed by atoms with Crippen molar-refractivity contribution in [3.63, 3.8) is 0 Å². The fourth-order valence-corrected chi connectivity index (χ4v) is 4.66. The lowest BCUT2D eigenvalue weighted by Gasteiger charge is -2.34. The second-order valence-electron chi connectivity index (χ2n) is 9.21. The van der Waals surface area contributed by atoms with Crippen LogP contribution in [0.15, 0.2) is 30.3 Å². The van der Waals surface area contributed by atoms with Crippen molar-refractivity contribution in [3.8, 4) is 0 Å². The van der Waals surface area contributed by atoms with Crippen LogP contribution in [0.3, 0.4) is 0 Å². The van der Waals surface area contributed by atoms with Crippen molar-refractivity contribution in [3.05, 3.63) is 40.9 Å². The number of benzene rings is 1. The fourth-order valence-electron chi connectivity index (χ4n) is 4.37. The van der Waals surface area contributed by atoms with Gasteiger partial charge in [-0.2, -0.15) is 9.97 Å². The maximum absolute atomic E-state index is 5.97. The van der Waals surface area contributed by atoms with Crippen LogP contribution < -0.4 is 20.4 Å². The molecule has 0 spiro atoms. The minimum Gasteiger partial charge on any atom is -0.358 e. The van der Waals surface area contributed by atoms with E-state index in [1.807, 2.05) is 24.3 Å². The van der Waals surface area contributed by atoms with E-state index in [9.17, 15) is 0 Å². The molecule has 1 unspecified atom stereocenters. The standard InChI is InChI=1S/C24H33ClN6S/c1-17-9-12-30(13-10-17)21-14-22(31-11-3-4-18(2)16-31)28-23(27-21)29-24(32)26-15-19-5-7-20(25)8-6-19/h5-8,14,17-18H,3-4,9-13,15-16H2,1-2H3,(H2,26,27,28,29,32). The van der Waals surface area contributed by atoms with Crippen LogP contribution in [0.4, 0.5) is 17.6 Å². The Morgan fingerprint density at radius 3 is 2.38 bits per heavy atom. The van der Waals surface area contributed by atoms with Crippen molar-refractivity contribution in [1.82, 2.24) is 15.3 Å². The summed E-state index contributed by atoms with van der Waals surface area (Å²) in [5.41, 5.74) is 1.11. The quantitative estimate of drug-likeness (QED) is 0.588. The highest BCUT2D eigenvalue weighted by atomic mass is 35.5. The van der Waals surface area contributed by atoms with Gasteiger partial charge in [0.25, 0.3) is 0 Å². The van der Waals surface area contributed by atoms with Gasteiger partial charge in [-0.3, -0.25) is 0 Å². The lowest BCUT2D eigenvalue weighted by atomic mass is 9.99. The summed E-state index contributed by atoms with van der Waals surface area (Å²) in [6.07, 6.45) is 4.88. The smallest absolute Gasteiger partial charge is 0.232 e. The van der Waals surface area contributed by atoms with Gasteiger partial charge in [0.2, 0.25) is 5.95 Å². The SMILES string of the molecule is CC1CCN(c2cc(N3CCCC(C)C3)nc(NC(=S)NCc3ccc(Cl)cc3)n2)CC1. The molecule has 3 heterocycles. The lowest BCUT2D eigenvalue weighted by Crippen LogP contribution is -2.37. The van der Waals surface area contributed by atoms with E-state index in [2.05, 4.69) is 40.3 Å². The van der Waals surface area contributed by atoms with Gasteiger partial charge in [0.15, 0.2) is 5.11 Å². The predicted molar refractivity (Wildman–Crippen MR) is 138 cm³/mol. The van der Waals surface area contributed by atoms with E-state index in [1.54, 1.807) is 0 Å². The highest BCUT2D eigenvalue weighted by Crippen LogP contribution is 2.28. The summed E-state index contributed by atoms with van der Waals surface area (Å²) in [4.78, 5) is 14.4. The minimum absolute atomic E-state index is 0.516. The molecule has 2 saturated heterocycles. The molecular weight excluding hydrogens is 440 g/mol. The van der Waals surface area contributed by atoms with Crippen LogP contribution in [0, 0.1) is 11.8 Å². The molecule has 1 aromatic heterocycles. The molecule has 0 aliphatic carbocycles. The molecule has 2 aliphatic rings. The van der Waals surface area contributed by atoms with Crippen molar-refractivity contribution >= 4 is 46.5 Å². The first kappa shape index (κ1) is 23.1. The molecule has 32 heavy (non-hydrogen) atoms. The van der Waals surface area contributed by atoms with Gasteiger partial charge in [0.1, 0.15) is 11.6 Å². The van der Waals surface area contributed by atoms with E-state index in [0.29, 0.717) is 23.5 Å². The number of thiocarbonyl (C=S) groups is 1. The minimum atomic E-state index is 0.516. The Balaban J connectivity index is 1.48. The van der Waals surface area contributed by atoms with Gasteiger partial charge in [-0.05, 0) is 67.4 Å². The van der Waals surface area contributed by atoms with Crippen LogP contribution in [-0.4, -0.2) is 41.3 Å². The van der Waals surface area contributed by atoms with Crippen LogP contribution in [0.5, 0.6) is 0 Å². The third kappa shape index (κ3) is 6.23. The second kappa shape index (κ2) is 10.7. The Morgan fingerprint density at radius 2 is 1.69 bits per heavy atom. The molecule has 0 radical (unpaired) electrons. The molecule has 2 aliphatic heterocycles. The molecule has 0 bridgehead atoms. The van der Waals surface area contributed by atoms with E-state index in [0.717, 1.165) is 54.3 Å². The van der Waals surface area contributed by atoms with Gasteiger partial charge in [0.05, 0.1) is 0 Å². The average Bonchev–Trinajstić information content (AvgIpc) is 2.79. The molecule has 8 heteroatoms. The van der Waals surface area contributed by atoms with Gasteiger partial charge in [-0.25, -0.2) is 0 Å². The monoisotopic (exact) mass is 472 g/mol. The zero-order valence-electron chi connectivity index (χ0n) is 19.0. The second-order valence-corrected chi connectivity index (χ2v) is 10.0. The molecule has 6 nitrogen and oxygen atoms in total. The summed E-state index contributed by atoms with van der Waals surface area (Å²) in [6.45, 7) is 9.40. The lowest BCUT2D eigenvalue weighted by molar-refractivity contribution is 0.435. The van der Waals surface area contributed by atoms with Gasteiger partial charge in [-0.1, -0.05) is 37.6 Å². The number of piperidine rings is 2. The van der Waals surface area contributed by atoms with Crippen LogP contribution >= 0.6 is 23.8 Å². The zero-order chi connectivity index (χ0) is 22.5. The molecule has 172 valence electrons. The number of hydrogen-bond donors (Lipinski definition) is 2. The molecule has 1 atom stereocenters. The van der Waals surface area contributed by atoms with E-state index >= 15 is 0 Å². The van der Waals surface area contributed by atoms with E-state index in [1.165, 1.54) is 25.7 Å². The average molecular weight is 473 g/mol. The number of rotatable bonds is 5. The Morgan fingerprint density at radius 1 is 1.00 bits per heavy atom. The molecule has 1 aromatic carbocycles. The number of halogens is 1. The highest BCUT2D eigenvalue weighted by Gasteiger charge is 2.22. The third-order valence-corrected chi connectivity index (χ3v) is 6.88. The van der Waals surface area contributed by atoms with Crippen LogP contribution in [0.25, 0.3) is 0 Å². The molecule has 2 fully saturated rings. The maximum Gasteiger partial charge on any atom is 0.232 e. The third-order valence-electron chi connectivity index (χ3n) is 6.38. The molecule has 0 amide bonds. The summed E-state index contributed by atoms with van der Waals surface area (Å²) in [5.74, 6) is 3.99. The number of anilines is 3. The van der Waals surface area contributed by atoms with Crippen molar-refractivity contribution in [2.75, 3.05) is 41.3 Å². The van der Waals surface area contributed by atoms with Crippen LogP contribution in [0.1, 0.15) is 45.1 Å². The first-order valence-corrected chi connectivity index (χ1v) is 12.4. The van der Waals surface area contributed by atoms with Crippen molar-refractivity contribution in [1.29, 1.82) is 0 Å². The largest absolute Gasteiger partial charge is 0.358 e. The van der Waals surface area contributed by atoms with E-state index < -0.39 is 0 Å². The van der Waals surface area contributed by atoms with Gasteiger partial charge in [0, 0.05) is 43.8 Å². The van der Waals surface area contributed by atoms with Crippen molar-refractivity contribution in [2.45, 2.75) is 46.1 Å². The normalized spacial score (nSPS) is 19.7. The van der Waals surface area contributed by atoms with Crippen molar-refractivity contribution in [2.24, 2.45) is 11.8 Å². The summed E-state index contributed by atoms with van der Waals surface area (Å²) in [5, 5.41) is 7.71. The Kier molecular flexibility index (Phi) is 7.68. The predicted octanol–water partition coefficient (Wildman–Crippen LogP) is 5.09. The van der Waals surface area contributed by atoms with Gasteiger partial charge in [-0.15, -0.1) is 0 Å². The summed E-state index contributed by atoms with van der Waals surface area (Å²) >= 11 is 11.5. The maximum atomic E-state index is 5.97. The van der Waals surface area contributed by atoms with Gasteiger partial charge < -0.3 is 20.4 Å². The van der Waals surface area contributed by atoms with E-state index in [-0.39, 0.29) is 0 Å².